The molecule has 0 saturated carbocycles. The summed E-state index contributed by atoms with van der Waals surface area (Å²) in [5.41, 5.74) is 21.2. The first-order valence-electron chi connectivity index (χ1n) is 34.1. The predicted molar refractivity (Wildman–Crippen MR) is 375 cm³/mol. The lowest BCUT2D eigenvalue weighted by Gasteiger charge is -2.26. The third-order valence-electron chi connectivity index (χ3n) is 19.1. The highest BCUT2D eigenvalue weighted by Crippen LogP contribution is 2.43. The molecule has 0 atom stereocenters. The van der Waals surface area contributed by atoms with E-state index < -0.39 is 0 Å². The van der Waals surface area contributed by atoms with Crippen LogP contribution >= 0.6 is 0 Å². The summed E-state index contributed by atoms with van der Waals surface area (Å²) in [6.07, 6.45) is 3.65. The third-order valence-corrected chi connectivity index (χ3v) is 19.1. The van der Waals surface area contributed by atoms with Crippen molar-refractivity contribution in [3.05, 3.63) is 173 Å². The van der Waals surface area contributed by atoms with Gasteiger partial charge in [-0.2, -0.15) is 0 Å². The average Bonchev–Trinajstić information content (AvgIpc) is 0.961. The molecule has 1 aliphatic carbocycles. The Morgan fingerprint density at radius 3 is 0.378 bits per heavy atom. The molecule has 6 aromatic carbocycles. The third kappa shape index (κ3) is 17.7. The van der Waals surface area contributed by atoms with Crippen LogP contribution in [-0.2, 0) is 77.8 Å². The van der Waals surface area contributed by atoms with E-state index in [0.29, 0.717) is 38.5 Å². The van der Waals surface area contributed by atoms with Crippen LogP contribution in [0.25, 0.3) is 0 Å². The molecule has 6 aromatic rings. The van der Waals surface area contributed by atoms with Gasteiger partial charge in [-0.3, -0.25) is 29.4 Å². The molecule has 1 aliphatic rings. The second kappa shape index (κ2) is 35.1. The van der Waals surface area contributed by atoms with E-state index in [2.05, 4.69) is 185 Å². The molecule has 90 heavy (non-hydrogen) atoms. The van der Waals surface area contributed by atoms with E-state index in [4.69, 9.17) is 28.4 Å². The average molecular weight is 1230 g/mol. The van der Waals surface area contributed by atoms with E-state index in [1.54, 1.807) is 0 Å². The van der Waals surface area contributed by atoms with Gasteiger partial charge in [0, 0.05) is 77.8 Å². The van der Waals surface area contributed by atoms with E-state index in [1.165, 1.54) is 33.4 Å². The van der Waals surface area contributed by atoms with Gasteiger partial charge in [0.25, 0.3) is 0 Å². The van der Waals surface area contributed by atoms with Crippen LogP contribution in [0.15, 0.2) is 72.8 Å². The SMILES string of the molecule is CCN(CC)Cc1cc2c(OC)c(c1)Cc1cc(CN(CC)CC)cc(c1OC)Cc1cc(CN(CC)CC)cc(c1OC)Cc1cc(CN(CC)CC)cc(c1OC)Cc1cc(CN(CC)CC)cc(c1OC)Cc1cc(CN(CC)CC)cc(c1OC)C2. The molecule has 0 spiro atoms. The lowest BCUT2D eigenvalue weighted by atomic mass is 9.88. The molecule has 0 aliphatic heterocycles. The minimum Gasteiger partial charge on any atom is -0.496 e. The number of ether oxygens (including phenoxy) is 6. The largest absolute Gasteiger partial charge is 0.496 e. The maximum Gasteiger partial charge on any atom is 0.125 e. The van der Waals surface area contributed by atoms with Crippen LogP contribution in [0, 0.1) is 0 Å². The molecule has 7 rings (SSSR count). The molecule has 0 unspecified atom stereocenters. The van der Waals surface area contributed by atoms with E-state index in [-0.39, 0.29) is 0 Å². The zero-order valence-electron chi connectivity index (χ0n) is 59.0. The van der Waals surface area contributed by atoms with Gasteiger partial charge < -0.3 is 28.4 Å². The minimum atomic E-state index is 0.608. The van der Waals surface area contributed by atoms with Crippen molar-refractivity contribution in [3.63, 3.8) is 0 Å². The van der Waals surface area contributed by atoms with Gasteiger partial charge in [0.15, 0.2) is 0 Å². The molecule has 492 valence electrons. The molecule has 12 nitrogen and oxygen atoms in total. The summed E-state index contributed by atoms with van der Waals surface area (Å²) in [5.74, 6) is 5.38. The number of rotatable bonds is 30. The summed E-state index contributed by atoms with van der Waals surface area (Å²) in [6.45, 7) is 43.4. The summed E-state index contributed by atoms with van der Waals surface area (Å²) >= 11 is 0. The molecule has 0 radical (unpaired) electrons. The lowest BCUT2D eigenvalue weighted by molar-refractivity contribution is 0.295. The van der Waals surface area contributed by atoms with E-state index >= 15 is 0 Å². The van der Waals surface area contributed by atoms with Gasteiger partial charge in [0.2, 0.25) is 0 Å². The first kappa shape index (κ1) is 71.3. The molecule has 12 bridgehead atoms. The molecule has 0 aromatic heterocycles. The summed E-state index contributed by atoms with van der Waals surface area (Å²) in [6, 6.07) is 28.8. The summed E-state index contributed by atoms with van der Waals surface area (Å²) in [5, 5.41) is 0. The van der Waals surface area contributed by atoms with Crippen molar-refractivity contribution in [1.82, 2.24) is 29.4 Å². The fourth-order valence-corrected chi connectivity index (χ4v) is 14.1. The van der Waals surface area contributed by atoms with Gasteiger partial charge >= 0.3 is 0 Å². The predicted octanol–water partition coefficient (Wildman–Crippen LogP) is 14.6. The second-order valence-electron chi connectivity index (χ2n) is 24.5. The van der Waals surface area contributed by atoms with Gasteiger partial charge in [-0.1, -0.05) is 156 Å². The molecule has 12 heteroatoms. The molecule has 0 saturated heterocycles. The van der Waals surface area contributed by atoms with Crippen LogP contribution in [0.3, 0.4) is 0 Å². The second-order valence-corrected chi connectivity index (χ2v) is 24.5. The molecule has 0 fully saturated rings. The standard InChI is InChI=1S/C78H114N6O6/c1-19-79(20-2)49-55-31-61-43-63-33-56(50-80(21-3)22-4)35-65(74(63)86-14)45-67-37-58(52-82(25-7)26-8)39-69(76(67)88-16)47-71-41-60(54-84(29-11)30-12)42-72(78(71)90-18)48-70-40-59(53-83(27-9)28-10)38-68(77(70)89-17)46-66-36-57(51-81(23-5)24-6)34-64(75(66)87-15)44-62(32-55)73(61)85-13/h31-42H,19-30,43-54H2,1-18H3. The van der Waals surface area contributed by atoms with E-state index in [0.717, 1.165) is 219 Å². The Morgan fingerprint density at radius 2 is 0.300 bits per heavy atom. The first-order valence-corrected chi connectivity index (χ1v) is 34.1. The van der Waals surface area contributed by atoms with Crippen molar-refractivity contribution in [1.29, 1.82) is 0 Å². The van der Waals surface area contributed by atoms with Gasteiger partial charge in [0.05, 0.1) is 42.7 Å². The number of fused-ring (bicyclic) bond motifs is 12. The number of hydrogen-bond donors (Lipinski definition) is 0. The molecular weight excluding hydrogens is 1120 g/mol. The topological polar surface area (TPSA) is 74.8 Å². The van der Waals surface area contributed by atoms with Gasteiger partial charge in [0.1, 0.15) is 34.5 Å². The van der Waals surface area contributed by atoms with Crippen LogP contribution in [0.1, 0.15) is 183 Å². The molecular formula is C78H114N6O6. The highest BCUT2D eigenvalue weighted by atomic mass is 16.5. The normalized spacial score (nSPS) is 12.8. The van der Waals surface area contributed by atoms with Crippen molar-refractivity contribution in [2.45, 2.75) is 161 Å². The Kier molecular flexibility index (Phi) is 27.8. The first-order chi connectivity index (χ1) is 43.7. The van der Waals surface area contributed by atoms with Crippen molar-refractivity contribution in [3.8, 4) is 34.5 Å². The Balaban J connectivity index is 1.64. The van der Waals surface area contributed by atoms with Crippen molar-refractivity contribution < 1.29 is 28.4 Å². The van der Waals surface area contributed by atoms with Crippen LogP contribution in [0.2, 0.25) is 0 Å². The van der Waals surface area contributed by atoms with Crippen molar-refractivity contribution in [2.24, 2.45) is 0 Å². The maximum absolute atomic E-state index is 6.75. The number of hydrogen-bond acceptors (Lipinski definition) is 12. The Morgan fingerprint density at radius 1 is 0.200 bits per heavy atom. The van der Waals surface area contributed by atoms with Crippen molar-refractivity contribution in [2.75, 3.05) is 121 Å². The van der Waals surface area contributed by atoms with Crippen molar-refractivity contribution >= 4 is 0 Å². The smallest absolute Gasteiger partial charge is 0.125 e. The Hall–Kier alpha value is -6.12. The molecule has 0 amide bonds. The fraction of sp³-hybridized carbons (Fsp3) is 0.538. The zero-order valence-corrected chi connectivity index (χ0v) is 59.0. The lowest BCUT2D eigenvalue weighted by Crippen LogP contribution is -2.23. The minimum absolute atomic E-state index is 0.608. The van der Waals surface area contributed by atoms with Gasteiger partial charge in [-0.15, -0.1) is 0 Å². The van der Waals surface area contributed by atoms with E-state index in [1.807, 2.05) is 42.7 Å². The van der Waals surface area contributed by atoms with Gasteiger partial charge in [-0.25, -0.2) is 0 Å². The monoisotopic (exact) mass is 1230 g/mol. The Labute approximate surface area is 544 Å². The Bertz CT molecular complexity index is 2550. The number of benzene rings is 6. The number of nitrogens with zero attached hydrogens (tertiary/aromatic N) is 6. The quantitative estimate of drug-likeness (QED) is 0.0430. The zero-order chi connectivity index (χ0) is 65.0. The van der Waals surface area contributed by atoms with E-state index in [9.17, 15) is 0 Å². The van der Waals surface area contributed by atoms with Crippen LogP contribution < -0.4 is 28.4 Å². The molecule has 0 N–H and O–H groups in total. The summed E-state index contributed by atoms with van der Waals surface area (Å²) in [7, 11) is 11.1. The van der Waals surface area contributed by atoms with Crippen LogP contribution in [0.5, 0.6) is 34.5 Å². The molecule has 0 heterocycles. The summed E-state index contributed by atoms with van der Waals surface area (Å²) < 4.78 is 40.5. The van der Waals surface area contributed by atoms with Crippen LogP contribution in [-0.4, -0.2) is 151 Å². The maximum atomic E-state index is 6.75. The summed E-state index contributed by atoms with van der Waals surface area (Å²) in [4.78, 5) is 15.0. The highest BCUT2D eigenvalue weighted by molar-refractivity contribution is 5.60. The highest BCUT2D eigenvalue weighted by Gasteiger charge is 2.27. The van der Waals surface area contributed by atoms with Crippen LogP contribution in [0.4, 0.5) is 0 Å². The fourth-order valence-electron chi connectivity index (χ4n) is 14.1. The van der Waals surface area contributed by atoms with Gasteiger partial charge in [-0.05, 0) is 179 Å². The number of methoxy groups -OCH3 is 6.